The van der Waals surface area contributed by atoms with Gasteiger partial charge >= 0.3 is 17.6 Å². The molecule has 0 aliphatic carbocycles. The largest absolute Gasteiger partial charge is 0.481 e. The SMILES string of the molecule is O=C(O)C[C@@H](NC(=O)Cn1ccc(=O)[nH]c1=O)C(=O)O. The summed E-state index contributed by atoms with van der Waals surface area (Å²) in [6.45, 7) is -0.543. The van der Waals surface area contributed by atoms with Gasteiger partial charge in [0.15, 0.2) is 0 Å². The number of hydrogen-bond donors (Lipinski definition) is 4. The van der Waals surface area contributed by atoms with Crippen molar-refractivity contribution in [1.29, 1.82) is 0 Å². The minimum absolute atomic E-state index is 0.543. The van der Waals surface area contributed by atoms with Gasteiger partial charge in [-0.2, -0.15) is 0 Å². The molecule has 10 nitrogen and oxygen atoms in total. The molecule has 1 aromatic heterocycles. The van der Waals surface area contributed by atoms with Crippen molar-refractivity contribution in [3.05, 3.63) is 33.1 Å². The van der Waals surface area contributed by atoms with Gasteiger partial charge in [-0.05, 0) is 0 Å². The number of H-pyrrole nitrogens is 1. The van der Waals surface area contributed by atoms with Crippen LogP contribution in [0.15, 0.2) is 21.9 Å². The lowest BCUT2D eigenvalue weighted by molar-refractivity contribution is -0.147. The van der Waals surface area contributed by atoms with Gasteiger partial charge in [-0.3, -0.25) is 23.9 Å². The number of aliphatic carboxylic acids is 2. The second-order valence-corrected chi connectivity index (χ2v) is 3.79. The van der Waals surface area contributed by atoms with Crippen LogP contribution in [0.3, 0.4) is 0 Å². The fourth-order valence-corrected chi connectivity index (χ4v) is 1.34. The zero-order valence-electron chi connectivity index (χ0n) is 10.0. The molecule has 1 atom stereocenters. The Labute approximate surface area is 110 Å². The second-order valence-electron chi connectivity index (χ2n) is 3.79. The number of hydrogen-bond acceptors (Lipinski definition) is 5. The Hall–Kier alpha value is -2.91. The number of carbonyl (C=O) groups is 3. The number of aromatic nitrogens is 2. The third-order valence-corrected chi connectivity index (χ3v) is 2.22. The lowest BCUT2D eigenvalue weighted by Crippen LogP contribution is -2.44. The van der Waals surface area contributed by atoms with Crippen molar-refractivity contribution in [2.24, 2.45) is 0 Å². The number of nitrogens with one attached hydrogen (secondary N) is 2. The molecule has 0 saturated heterocycles. The summed E-state index contributed by atoms with van der Waals surface area (Å²) in [5.74, 6) is -3.76. The number of carboxylic acid groups (broad SMARTS) is 2. The molecular weight excluding hydrogens is 274 g/mol. The number of carboxylic acids is 2. The summed E-state index contributed by atoms with van der Waals surface area (Å²) in [6.07, 6.45) is 0.273. The van der Waals surface area contributed by atoms with Gasteiger partial charge in [-0.25, -0.2) is 9.59 Å². The molecule has 0 spiro atoms. The minimum atomic E-state index is -1.60. The number of carbonyl (C=O) groups excluding carboxylic acids is 1. The van der Waals surface area contributed by atoms with E-state index in [-0.39, 0.29) is 0 Å². The highest BCUT2D eigenvalue weighted by Crippen LogP contribution is 1.93. The molecule has 10 heteroatoms. The predicted octanol–water partition coefficient (Wildman–Crippen LogP) is -2.42. The second kappa shape index (κ2) is 6.31. The fourth-order valence-electron chi connectivity index (χ4n) is 1.34. The predicted molar refractivity (Wildman–Crippen MR) is 63.1 cm³/mol. The molecule has 1 amide bonds. The van der Waals surface area contributed by atoms with E-state index in [0.717, 1.165) is 16.8 Å². The van der Waals surface area contributed by atoms with Gasteiger partial charge in [0.05, 0.1) is 6.42 Å². The van der Waals surface area contributed by atoms with E-state index >= 15 is 0 Å². The average molecular weight is 285 g/mol. The zero-order valence-corrected chi connectivity index (χ0v) is 10.0. The number of aromatic amines is 1. The Morgan fingerprint density at radius 1 is 1.30 bits per heavy atom. The average Bonchev–Trinajstić information content (AvgIpc) is 2.31. The molecule has 0 fully saturated rings. The van der Waals surface area contributed by atoms with Gasteiger partial charge in [0, 0.05) is 12.3 Å². The fraction of sp³-hybridized carbons (Fsp3) is 0.300. The maximum absolute atomic E-state index is 11.5. The quantitative estimate of drug-likeness (QED) is 0.452. The monoisotopic (exact) mass is 285 g/mol. The van der Waals surface area contributed by atoms with Crippen LogP contribution in [0.5, 0.6) is 0 Å². The van der Waals surface area contributed by atoms with Gasteiger partial charge in [0.2, 0.25) is 5.91 Å². The molecule has 0 saturated carbocycles. The first kappa shape index (κ1) is 15.1. The Kier molecular flexibility index (Phi) is 4.78. The minimum Gasteiger partial charge on any atom is -0.481 e. The van der Waals surface area contributed by atoms with Crippen LogP contribution in [0.1, 0.15) is 6.42 Å². The van der Waals surface area contributed by atoms with Gasteiger partial charge in [0.25, 0.3) is 5.56 Å². The first-order valence-electron chi connectivity index (χ1n) is 5.33. The Bertz CT molecular complexity index is 645. The third-order valence-electron chi connectivity index (χ3n) is 2.22. The topological polar surface area (TPSA) is 159 Å². The van der Waals surface area contributed by atoms with Crippen molar-refractivity contribution in [2.75, 3.05) is 0 Å². The molecule has 0 radical (unpaired) electrons. The van der Waals surface area contributed by atoms with Gasteiger partial charge in [0.1, 0.15) is 12.6 Å². The number of rotatable bonds is 6. The molecule has 1 aromatic rings. The highest BCUT2D eigenvalue weighted by atomic mass is 16.4. The highest BCUT2D eigenvalue weighted by molar-refractivity contribution is 5.86. The number of amides is 1. The van der Waals surface area contributed by atoms with Crippen LogP contribution in [-0.2, 0) is 20.9 Å². The van der Waals surface area contributed by atoms with Gasteiger partial charge in [-0.15, -0.1) is 0 Å². The summed E-state index contributed by atoms with van der Waals surface area (Å²) >= 11 is 0. The highest BCUT2D eigenvalue weighted by Gasteiger charge is 2.23. The molecular formula is C10H11N3O7. The van der Waals surface area contributed by atoms with E-state index in [1.54, 1.807) is 0 Å². The normalized spacial score (nSPS) is 11.6. The molecule has 108 valence electrons. The summed E-state index contributed by atoms with van der Waals surface area (Å²) in [7, 11) is 0. The maximum atomic E-state index is 11.5. The Balaban J connectivity index is 2.75. The summed E-state index contributed by atoms with van der Waals surface area (Å²) < 4.78 is 0.844. The van der Waals surface area contributed by atoms with Crippen LogP contribution in [0.2, 0.25) is 0 Å². The van der Waals surface area contributed by atoms with Crippen molar-refractivity contribution < 1.29 is 24.6 Å². The molecule has 0 aliphatic heterocycles. The van der Waals surface area contributed by atoms with Crippen LogP contribution in [0.25, 0.3) is 0 Å². The molecule has 1 rings (SSSR count). The third kappa shape index (κ3) is 4.40. The molecule has 1 heterocycles. The van der Waals surface area contributed by atoms with Crippen molar-refractivity contribution in [3.8, 4) is 0 Å². The van der Waals surface area contributed by atoms with E-state index in [0.29, 0.717) is 0 Å². The van der Waals surface area contributed by atoms with Crippen LogP contribution < -0.4 is 16.6 Å². The smallest absolute Gasteiger partial charge is 0.328 e. The van der Waals surface area contributed by atoms with Crippen LogP contribution in [0, 0.1) is 0 Å². The van der Waals surface area contributed by atoms with E-state index < -0.39 is 48.1 Å². The first-order chi connectivity index (χ1) is 9.29. The first-order valence-corrected chi connectivity index (χ1v) is 5.33. The number of nitrogens with zero attached hydrogens (tertiary/aromatic N) is 1. The standard InChI is InChI=1S/C10H11N3O7/c14-6-1-2-13(10(20)12-6)4-7(15)11-5(9(18)19)3-8(16)17/h1-2,5H,3-4H2,(H,11,15)(H,16,17)(H,18,19)(H,12,14,20)/t5-/m1/s1. The summed E-state index contributed by atoms with van der Waals surface area (Å²) in [5.41, 5.74) is -1.47. The molecule has 0 unspecified atom stereocenters. The summed E-state index contributed by atoms with van der Waals surface area (Å²) in [4.78, 5) is 56.7. The zero-order chi connectivity index (χ0) is 15.3. The van der Waals surface area contributed by atoms with E-state index in [2.05, 4.69) is 0 Å². The molecule has 0 bridgehead atoms. The van der Waals surface area contributed by atoms with Crippen LogP contribution in [-0.4, -0.2) is 43.7 Å². The molecule has 20 heavy (non-hydrogen) atoms. The van der Waals surface area contributed by atoms with E-state index in [4.69, 9.17) is 10.2 Å². The van der Waals surface area contributed by atoms with E-state index in [1.165, 1.54) is 0 Å². The lowest BCUT2D eigenvalue weighted by atomic mass is 10.2. The van der Waals surface area contributed by atoms with Crippen molar-refractivity contribution in [1.82, 2.24) is 14.9 Å². The molecule has 0 aliphatic rings. The van der Waals surface area contributed by atoms with Crippen LogP contribution in [0.4, 0.5) is 0 Å². The van der Waals surface area contributed by atoms with E-state index in [9.17, 15) is 24.0 Å². The van der Waals surface area contributed by atoms with Gasteiger partial charge in [-0.1, -0.05) is 0 Å². The van der Waals surface area contributed by atoms with Crippen molar-refractivity contribution >= 4 is 17.8 Å². The molecule has 4 N–H and O–H groups in total. The summed E-state index contributed by atoms with van der Waals surface area (Å²) in [6, 6.07) is -0.584. The molecule has 0 aromatic carbocycles. The van der Waals surface area contributed by atoms with Crippen LogP contribution >= 0.6 is 0 Å². The Morgan fingerprint density at radius 3 is 2.45 bits per heavy atom. The summed E-state index contributed by atoms with van der Waals surface area (Å²) in [5, 5.41) is 19.2. The maximum Gasteiger partial charge on any atom is 0.328 e. The van der Waals surface area contributed by atoms with Crippen molar-refractivity contribution in [3.63, 3.8) is 0 Å². The Morgan fingerprint density at radius 2 is 1.95 bits per heavy atom. The van der Waals surface area contributed by atoms with Crippen molar-refractivity contribution in [2.45, 2.75) is 19.0 Å². The van der Waals surface area contributed by atoms with E-state index in [1.807, 2.05) is 10.3 Å². The lowest BCUT2D eigenvalue weighted by Gasteiger charge is -2.12. The van der Waals surface area contributed by atoms with Gasteiger partial charge < -0.3 is 15.5 Å².